The third-order valence-corrected chi connectivity index (χ3v) is 4.16. The number of rotatable bonds is 4. The average Bonchev–Trinajstić information content (AvgIpc) is 2.80. The number of piperazine rings is 1. The van der Waals surface area contributed by atoms with Crippen LogP contribution < -0.4 is 5.32 Å². The fourth-order valence-electron chi connectivity index (χ4n) is 2.58. The van der Waals surface area contributed by atoms with Gasteiger partial charge >= 0.3 is 0 Å². The molecular weight excluding hydrogens is 236 g/mol. The lowest BCUT2D eigenvalue weighted by Gasteiger charge is -2.45. The third-order valence-electron chi connectivity index (χ3n) is 4.16. The highest BCUT2D eigenvalue weighted by molar-refractivity contribution is 5.03. The van der Waals surface area contributed by atoms with Crippen LogP contribution in [0.5, 0.6) is 0 Å². The minimum atomic E-state index is 0.202. The molecule has 1 aromatic rings. The van der Waals surface area contributed by atoms with Crippen LogP contribution in [-0.2, 0) is 6.54 Å². The molecule has 2 rings (SSSR count). The van der Waals surface area contributed by atoms with Gasteiger partial charge in [-0.05, 0) is 40.2 Å². The Morgan fingerprint density at radius 3 is 2.79 bits per heavy atom. The molecule has 1 aliphatic rings. The molecule has 0 radical (unpaired) electrons. The molecule has 1 saturated heterocycles. The first kappa shape index (κ1) is 14.5. The van der Waals surface area contributed by atoms with Gasteiger partial charge in [0.25, 0.3) is 0 Å². The number of hydrogen-bond acceptors (Lipinski definition) is 3. The molecule has 0 saturated carbocycles. The Hall–Kier alpha value is -0.870. The Bertz CT molecular complexity index is 408. The molecular formula is C15H28N4. The molecule has 0 aliphatic carbocycles. The minimum Gasteiger partial charge on any atom is -0.311 e. The second-order valence-electron chi connectivity index (χ2n) is 6.56. The van der Waals surface area contributed by atoms with Gasteiger partial charge in [0.15, 0.2) is 0 Å². The number of nitrogens with zero attached hydrogens (tertiary/aromatic N) is 3. The summed E-state index contributed by atoms with van der Waals surface area (Å²) >= 11 is 0. The van der Waals surface area contributed by atoms with Crippen LogP contribution in [0.4, 0.5) is 0 Å². The van der Waals surface area contributed by atoms with Gasteiger partial charge < -0.3 is 5.32 Å². The van der Waals surface area contributed by atoms with Crippen molar-refractivity contribution < 1.29 is 0 Å². The lowest BCUT2D eigenvalue weighted by molar-refractivity contribution is 0.0563. The molecule has 108 valence electrons. The van der Waals surface area contributed by atoms with E-state index in [4.69, 9.17) is 0 Å². The van der Waals surface area contributed by atoms with E-state index >= 15 is 0 Å². The van der Waals surface area contributed by atoms with Crippen molar-refractivity contribution in [3.05, 3.63) is 18.0 Å². The highest BCUT2D eigenvalue weighted by Gasteiger charge is 2.33. The Morgan fingerprint density at radius 2 is 2.21 bits per heavy atom. The van der Waals surface area contributed by atoms with Crippen LogP contribution in [0.3, 0.4) is 0 Å². The van der Waals surface area contributed by atoms with E-state index in [9.17, 15) is 0 Å². The summed E-state index contributed by atoms with van der Waals surface area (Å²) in [4.78, 5) is 2.56. The maximum atomic E-state index is 4.67. The molecule has 0 amide bonds. The van der Waals surface area contributed by atoms with Crippen molar-refractivity contribution in [3.8, 4) is 0 Å². The van der Waals surface area contributed by atoms with Crippen molar-refractivity contribution in [2.24, 2.45) is 0 Å². The van der Waals surface area contributed by atoms with E-state index in [0.717, 1.165) is 19.6 Å². The summed E-state index contributed by atoms with van der Waals surface area (Å²) in [7, 11) is 0. The van der Waals surface area contributed by atoms with E-state index in [1.54, 1.807) is 0 Å². The quantitative estimate of drug-likeness (QED) is 0.906. The van der Waals surface area contributed by atoms with E-state index in [2.05, 4.69) is 62.2 Å². The summed E-state index contributed by atoms with van der Waals surface area (Å²) in [5.74, 6) is 0. The van der Waals surface area contributed by atoms with Crippen LogP contribution in [0.1, 0.15) is 52.8 Å². The summed E-state index contributed by atoms with van der Waals surface area (Å²) in [6.07, 6.45) is 3.28. The molecule has 4 heteroatoms. The predicted molar refractivity (Wildman–Crippen MR) is 79.2 cm³/mol. The zero-order valence-corrected chi connectivity index (χ0v) is 13.0. The zero-order chi connectivity index (χ0) is 14.0. The Kier molecular flexibility index (Phi) is 4.31. The second-order valence-corrected chi connectivity index (χ2v) is 6.56. The average molecular weight is 264 g/mol. The minimum absolute atomic E-state index is 0.202. The zero-order valence-electron chi connectivity index (χ0n) is 13.0. The molecule has 2 heterocycles. The first-order valence-electron chi connectivity index (χ1n) is 7.45. The van der Waals surface area contributed by atoms with Gasteiger partial charge in [-0.25, -0.2) is 0 Å². The summed E-state index contributed by atoms with van der Waals surface area (Å²) in [5.41, 5.74) is 1.38. The van der Waals surface area contributed by atoms with E-state index in [1.165, 1.54) is 12.1 Å². The van der Waals surface area contributed by atoms with Crippen LogP contribution in [0, 0.1) is 0 Å². The Balaban J connectivity index is 2.06. The van der Waals surface area contributed by atoms with Gasteiger partial charge in [0.05, 0.1) is 5.69 Å². The molecule has 1 aromatic heterocycles. The van der Waals surface area contributed by atoms with Gasteiger partial charge in [-0.1, -0.05) is 6.92 Å². The van der Waals surface area contributed by atoms with Crippen LogP contribution in [0.15, 0.2) is 12.3 Å². The van der Waals surface area contributed by atoms with Gasteiger partial charge in [0, 0.05) is 43.5 Å². The highest BCUT2D eigenvalue weighted by atomic mass is 15.3. The standard InChI is InChI=1S/C15H28N4/c1-6-13-9-18(15(4,5)11-16-13)10-14-7-8-19(17-14)12(2)3/h7-8,12-13,16H,6,9-11H2,1-5H3. The summed E-state index contributed by atoms with van der Waals surface area (Å²) in [6, 6.07) is 3.20. The van der Waals surface area contributed by atoms with Crippen molar-refractivity contribution in [1.82, 2.24) is 20.0 Å². The molecule has 0 bridgehead atoms. The monoisotopic (exact) mass is 264 g/mol. The van der Waals surface area contributed by atoms with E-state index in [0.29, 0.717) is 12.1 Å². The Morgan fingerprint density at radius 1 is 1.47 bits per heavy atom. The first-order chi connectivity index (χ1) is 8.92. The number of hydrogen-bond donors (Lipinski definition) is 1. The summed E-state index contributed by atoms with van der Waals surface area (Å²) in [6.45, 7) is 14.3. The fourth-order valence-corrected chi connectivity index (χ4v) is 2.58. The van der Waals surface area contributed by atoms with Crippen LogP contribution in [0.2, 0.25) is 0 Å². The maximum Gasteiger partial charge on any atom is 0.0765 e. The molecule has 1 atom stereocenters. The summed E-state index contributed by atoms with van der Waals surface area (Å²) < 4.78 is 2.04. The lowest BCUT2D eigenvalue weighted by atomic mass is 9.96. The normalized spacial score (nSPS) is 24.0. The number of nitrogens with one attached hydrogen (secondary N) is 1. The largest absolute Gasteiger partial charge is 0.311 e. The molecule has 0 aromatic carbocycles. The lowest BCUT2D eigenvalue weighted by Crippen LogP contribution is -2.61. The first-order valence-corrected chi connectivity index (χ1v) is 7.45. The summed E-state index contributed by atoms with van der Waals surface area (Å²) in [5, 5.41) is 8.31. The van der Waals surface area contributed by atoms with E-state index in [-0.39, 0.29) is 5.54 Å². The van der Waals surface area contributed by atoms with Crippen molar-refractivity contribution in [3.63, 3.8) is 0 Å². The second kappa shape index (κ2) is 5.63. The van der Waals surface area contributed by atoms with Gasteiger partial charge in [-0.2, -0.15) is 5.10 Å². The van der Waals surface area contributed by atoms with Gasteiger partial charge in [-0.15, -0.1) is 0 Å². The molecule has 1 N–H and O–H groups in total. The Labute approximate surface area is 117 Å². The molecule has 19 heavy (non-hydrogen) atoms. The topological polar surface area (TPSA) is 33.1 Å². The molecule has 0 spiro atoms. The van der Waals surface area contributed by atoms with Crippen LogP contribution in [-0.4, -0.2) is 39.4 Å². The van der Waals surface area contributed by atoms with Crippen LogP contribution in [0.25, 0.3) is 0 Å². The van der Waals surface area contributed by atoms with Crippen molar-refractivity contribution >= 4 is 0 Å². The SMILES string of the molecule is CCC1CN(Cc2ccn(C(C)C)n2)C(C)(C)CN1. The third kappa shape index (κ3) is 3.37. The van der Waals surface area contributed by atoms with Gasteiger partial charge in [0.2, 0.25) is 0 Å². The maximum absolute atomic E-state index is 4.67. The smallest absolute Gasteiger partial charge is 0.0765 e. The molecule has 1 aliphatic heterocycles. The predicted octanol–water partition coefficient (Wildman–Crippen LogP) is 2.43. The van der Waals surface area contributed by atoms with Crippen molar-refractivity contribution in [2.75, 3.05) is 13.1 Å². The molecule has 4 nitrogen and oxygen atoms in total. The molecule has 1 unspecified atom stereocenters. The van der Waals surface area contributed by atoms with Crippen molar-refractivity contribution in [1.29, 1.82) is 0 Å². The van der Waals surface area contributed by atoms with Crippen molar-refractivity contribution in [2.45, 2.75) is 65.2 Å². The van der Waals surface area contributed by atoms with Crippen LogP contribution >= 0.6 is 0 Å². The van der Waals surface area contributed by atoms with Gasteiger partial charge in [-0.3, -0.25) is 9.58 Å². The molecule has 1 fully saturated rings. The highest BCUT2D eigenvalue weighted by Crippen LogP contribution is 2.22. The van der Waals surface area contributed by atoms with Gasteiger partial charge in [0.1, 0.15) is 0 Å². The fraction of sp³-hybridized carbons (Fsp3) is 0.800. The number of aromatic nitrogens is 2. The van der Waals surface area contributed by atoms with E-state index in [1.807, 2.05) is 4.68 Å². The van der Waals surface area contributed by atoms with E-state index < -0.39 is 0 Å².